The molecule has 1 amide bonds. The highest BCUT2D eigenvalue weighted by molar-refractivity contribution is 5.99. The van der Waals surface area contributed by atoms with Gasteiger partial charge in [0.05, 0.1) is 5.41 Å². The van der Waals surface area contributed by atoms with E-state index in [4.69, 9.17) is 4.74 Å². The van der Waals surface area contributed by atoms with Gasteiger partial charge in [-0.25, -0.2) is 4.39 Å². The molecule has 0 spiro atoms. The summed E-state index contributed by atoms with van der Waals surface area (Å²) in [5.41, 5.74) is 0.887. The summed E-state index contributed by atoms with van der Waals surface area (Å²) < 4.78 is 18.6. The molecule has 0 bridgehead atoms. The highest BCUT2D eigenvalue weighted by atomic mass is 19.1. The monoisotopic (exact) mass is 383 g/mol. The Bertz CT molecular complexity index is 868. The van der Waals surface area contributed by atoms with Crippen molar-refractivity contribution < 1.29 is 23.5 Å². The maximum Gasteiger partial charge on any atom is 0.317 e. The predicted molar refractivity (Wildman–Crippen MR) is 103 cm³/mol. The number of Topliss-reactive ketones (excluding diaryl/α,β-unsaturated/α-hetero) is 1. The normalized spacial score (nSPS) is 15.1. The molecule has 3 rings (SSSR count). The number of benzene rings is 2. The number of carbonyl (C=O) groups is 3. The Morgan fingerprint density at radius 2 is 1.61 bits per heavy atom. The number of ketones is 1. The third-order valence-electron chi connectivity index (χ3n) is 5.11. The molecule has 0 unspecified atom stereocenters. The van der Waals surface area contributed by atoms with E-state index in [9.17, 15) is 18.8 Å². The number of nitrogens with one attached hydrogen (secondary N) is 1. The van der Waals surface area contributed by atoms with Gasteiger partial charge in [-0.2, -0.15) is 0 Å². The molecular weight excluding hydrogens is 361 g/mol. The second-order valence-electron chi connectivity index (χ2n) is 7.05. The number of anilines is 1. The summed E-state index contributed by atoms with van der Waals surface area (Å²) in [5, 5.41) is 2.62. The zero-order valence-corrected chi connectivity index (χ0v) is 15.7. The van der Waals surface area contributed by atoms with Crippen molar-refractivity contribution in [3.63, 3.8) is 0 Å². The van der Waals surface area contributed by atoms with Gasteiger partial charge in [0, 0.05) is 18.2 Å². The zero-order chi connectivity index (χ0) is 20.1. The molecule has 146 valence electrons. The van der Waals surface area contributed by atoms with E-state index in [1.165, 1.54) is 19.1 Å². The van der Waals surface area contributed by atoms with Crippen molar-refractivity contribution in [2.75, 3.05) is 11.9 Å². The number of ether oxygens (including phenoxy) is 1. The molecule has 2 aromatic carbocycles. The molecule has 6 heteroatoms. The van der Waals surface area contributed by atoms with Crippen molar-refractivity contribution in [1.29, 1.82) is 0 Å². The highest BCUT2D eigenvalue weighted by Crippen LogP contribution is 2.42. The summed E-state index contributed by atoms with van der Waals surface area (Å²) >= 11 is 0. The SMILES string of the molecule is CC(=O)Nc1ccc(C(=O)COC(=O)C2(c3ccc(F)cc3)CCCC2)cc1. The van der Waals surface area contributed by atoms with E-state index in [1.54, 1.807) is 36.4 Å². The molecule has 1 fully saturated rings. The van der Waals surface area contributed by atoms with E-state index in [1.807, 2.05) is 0 Å². The van der Waals surface area contributed by atoms with E-state index in [0.29, 0.717) is 24.1 Å². The molecule has 0 radical (unpaired) electrons. The summed E-state index contributed by atoms with van der Waals surface area (Å²) in [7, 11) is 0. The van der Waals surface area contributed by atoms with Gasteiger partial charge in [0.15, 0.2) is 12.4 Å². The smallest absolute Gasteiger partial charge is 0.317 e. The van der Waals surface area contributed by atoms with E-state index in [0.717, 1.165) is 18.4 Å². The van der Waals surface area contributed by atoms with Crippen LogP contribution in [0.2, 0.25) is 0 Å². The highest BCUT2D eigenvalue weighted by Gasteiger charge is 2.44. The van der Waals surface area contributed by atoms with Crippen LogP contribution in [0.15, 0.2) is 48.5 Å². The average Bonchev–Trinajstić information content (AvgIpc) is 3.17. The van der Waals surface area contributed by atoms with Crippen LogP contribution in [-0.4, -0.2) is 24.3 Å². The number of hydrogen-bond donors (Lipinski definition) is 1. The minimum Gasteiger partial charge on any atom is -0.457 e. The number of halogens is 1. The van der Waals surface area contributed by atoms with E-state index >= 15 is 0 Å². The molecule has 5 nitrogen and oxygen atoms in total. The first kappa shape index (κ1) is 19.7. The van der Waals surface area contributed by atoms with Crippen LogP contribution in [-0.2, 0) is 19.7 Å². The summed E-state index contributed by atoms with van der Waals surface area (Å²) in [4.78, 5) is 36.3. The first-order chi connectivity index (χ1) is 13.4. The Labute approximate surface area is 162 Å². The van der Waals surface area contributed by atoms with Crippen LogP contribution < -0.4 is 5.32 Å². The summed E-state index contributed by atoms with van der Waals surface area (Å²) in [5.74, 6) is -1.33. The Morgan fingerprint density at radius 1 is 1.00 bits per heavy atom. The molecule has 0 heterocycles. The molecule has 1 N–H and O–H groups in total. The molecular formula is C22H22FNO4. The summed E-state index contributed by atoms with van der Waals surface area (Å²) in [6.45, 7) is 1.04. The Kier molecular flexibility index (Phi) is 5.87. The van der Waals surface area contributed by atoms with Crippen LogP contribution in [0.1, 0.15) is 48.5 Å². The maximum atomic E-state index is 13.3. The van der Waals surface area contributed by atoms with E-state index in [2.05, 4.69) is 5.32 Å². The summed E-state index contributed by atoms with van der Waals surface area (Å²) in [6.07, 6.45) is 3.00. The topological polar surface area (TPSA) is 72.5 Å². The van der Waals surface area contributed by atoms with Crippen molar-refractivity contribution in [3.05, 3.63) is 65.5 Å². The second kappa shape index (κ2) is 8.33. The third-order valence-corrected chi connectivity index (χ3v) is 5.11. The van der Waals surface area contributed by atoms with Crippen LogP contribution in [0.5, 0.6) is 0 Å². The van der Waals surface area contributed by atoms with E-state index in [-0.39, 0.29) is 24.1 Å². The molecule has 28 heavy (non-hydrogen) atoms. The average molecular weight is 383 g/mol. The largest absolute Gasteiger partial charge is 0.457 e. The lowest BCUT2D eigenvalue weighted by Gasteiger charge is -2.27. The van der Waals surface area contributed by atoms with Gasteiger partial charge in [-0.05, 0) is 54.8 Å². The molecule has 1 saturated carbocycles. The molecule has 0 atom stereocenters. The molecule has 0 aliphatic heterocycles. The van der Waals surface area contributed by atoms with Crippen molar-refractivity contribution >= 4 is 23.3 Å². The number of carbonyl (C=O) groups excluding carboxylic acids is 3. The fourth-order valence-electron chi connectivity index (χ4n) is 3.65. The van der Waals surface area contributed by atoms with Gasteiger partial charge in [0.25, 0.3) is 0 Å². The van der Waals surface area contributed by atoms with Gasteiger partial charge >= 0.3 is 5.97 Å². The first-order valence-corrected chi connectivity index (χ1v) is 9.25. The predicted octanol–water partition coefficient (Wildman–Crippen LogP) is 4.02. The molecule has 0 aromatic heterocycles. The third kappa shape index (κ3) is 4.27. The number of amides is 1. The zero-order valence-electron chi connectivity index (χ0n) is 15.7. The number of rotatable bonds is 6. The molecule has 2 aromatic rings. The lowest BCUT2D eigenvalue weighted by atomic mass is 9.79. The van der Waals surface area contributed by atoms with Crippen molar-refractivity contribution in [3.8, 4) is 0 Å². The minimum absolute atomic E-state index is 0.198. The molecule has 0 saturated heterocycles. The van der Waals surface area contributed by atoms with Crippen molar-refractivity contribution in [2.24, 2.45) is 0 Å². The fourth-order valence-corrected chi connectivity index (χ4v) is 3.65. The number of hydrogen-bond acceptors (Lipinski definition) is 4. The molecule has 1 aliphatic carbocycles. The van der Waals surface area contributed by atoms with Crippen LogP contribution in [0, 0.1) is 5.82 Å². The Hall–Kier alpha value is -3.02. The Balaban J connectivity index is 1.67. The Morgan fingerprint density at radius 3 is 2.18 bits per heavy atom. The van der Waals surface area contributed by atoms with Gasteiger partial charge in [0.1, 0.15) is 5.82 Å². The number of esters is 1. The van der Waals surface area contributed by atoms with Crippen LogP contribution in [0.25, 0.3) is 0 Å². The van der Waals surface area contributed by atoms with Gasteiger partial charge < -0.3 is 10.1 Å². The van der Waals surface area contributed by atoms with Crippen LogP contribution in [0.3, 0.4) is 0 Å². The van der Waals surface area contributed by atoms with Gasteiger partial charge in [-0.3, -0.25) is 14.4 Å². The van der Waals surface area contributed by atoms with Gasteiger partial charge in [-0.1, -0.05) is 25.0 Å². The standard InChI is InChI=1S/C22H22FNO4/c1-15(25)24-19-10-4-16(5-11-19)20(26)14-28-21(27)22(12-2-3-13-22)17-6-8-18(23)9-7-17/h4-11H,2-3,12-14H2,1H3,(H,24,25). The second-order valence-corrected chi connectivity index (χ2v) is 7.05. The first-order valence-electron chi connectivity index (χ1n) is 9.25. The van der Waals surface area contributed by atoms with Crippen molar-refractivity contribution in [1.82, 2.24) is 0 Å². The summed E-state index contributed by atoms with van der Waals surface area (Å²) in [6, 6.07) is 12.3. The van der Waals surface area contributed by atoms with Gasteiger partial charge in [-0.15, -0.1) is 0 Å². The fraction of sp³-hybridized carbons (Fsp3) is 0.318. The van der Waals surface area contributed by atoms with Crippen LogP contribution >= 0.6 is 0 Å². The quantitative estimate of drug-likeness (QED) is 0.604. The van der Waals surface area contributed by atoms with Crippen LogP contribution in [0.4, 0.5) is 10.1 Å². The van der Waals surface area contributed by atoms with E-state index < -0.39 is 11.4 Å². The lowest BCUT2D eigenvalue weighted by molar-refractivity contribution is -0.149. The molecule has 1 aliphatic rings. The minimum atomic E-state index is -0.816. The van der Waals surface area contributed by atoms with Crippen molar-refractivity contribution in [2.45, 2.75) is 38.0 Å². The lowest BCUT2D eigenvalue weighted by Crippen LogP contribution is -2.35. The maximum absolute atomic E-state index is 13.3. The van der Waals surface area contributed by atoms with Gasteiger partial charge in [0.2, 0.25) is 5.91 Å².